The summed E-state index contributed by atoms with van der Waals surface area (Å²) < 4.78 is 5.76. The molecule has 0 saturated heterocycles. The van der Waals surface area contributed by atoms with Crippen molar-refractivity contribution in [2.24, 2.45) is 5.73 Å². The van der Waals surface area contributed by atoms with Crippen molar-refractivity contribution < 1.29 is 4.42 Å². The van der Waals surface area contributed by atoms with Gasteiger partial charge < -0.3 is 10.2 Å². The first kappa shape index (κ1) is 9.77. The summed E-state index contributed by atoms with van der Waals surface area (Å²) in [5, 5.41) is 0. The van der Waals surface area contributed by atoms with Crippen molar-refractivity contribution in [3.63, 3.8) is 0 Å². The average molecular weight is 228 g/mol. The first-order valence-electron chi connectivity index (χ1n) is 4.27. The van der Waals surface area contributed by atoms with Crippen LogP contribution in [0.2, 0.25) is 4.34 Å². The van der Waals surface area contributed by atoms with Crippen LogP contribution < -0.4 is 5.73 Å². The molecule has 0 radical (unpaired) electrons. The Morgan fingerprint density at radius 2 is 2.29 bits per heavy atom. The van der Waals surface area contributed by atoms with Crippen molar-refractivity contribution in [3.8, 4) is 0 Å². The predicted octanol–water partition coefficient (Wildman–Crippen LogP) is 3.24. The third-order valence-electron chi connectivity index (χ3n) is 2.00. The van der Waals surface area contributed by atoms with E-state index in [1.807, 2.05) is 18.2 Å². The molecule has 2 nitrogen and oxygen atoms in total. The van der Waals surface area contributed by atoms with Crippen LogP contribution in [0.25, 0.3) is 0 Å². The Bertz CT molecular complexity index is 396. The minimum absolute atomic E-state index is 0.00472. The zero-order valence-electron chi connectivity index (χ0n) is 7.44. The van der Waals surface area contributed by atoms with Gasteiger partial charge in [0.1, 0.15) is 0 Å². The van der Waals surface area contributed by atoms with E-state index in [0.29, 0.717) is 0 Å². The molecule has 0 fully saturated rings. The van der Waals surface area contributed by atoms with Gasteiger partial charge in [-0.25, -0.2) is 0 Å². The van der Waals surface area contributed by atoms with E-state index in [4.69, 9.17) is 21.8 Å². The fourth-order valence-corrected chi connectivity index (χ4v) is 2.35. The Hall–Kier alpha value is -0.770. The van der Waals surface area contributed by atoms with Gasteiger partial charge in [-0.15, -0.1) is 11.3 Å². The summed E-state index contributed by atoms with van der Waals surface area (Å²) in [6.45, 7) is 0. The minimum atomic E-state index is 0.00472. The molecular formula is C10H10ClNOS. The summed E-state index contributed by atoms with van der Waals surface area (Å²) in [5.41, 5.74) is 7.12. The van der Waals surface area contributed by atoms with E-state index in [9.17, 15) is 0 Å². The average Bonchev–Trinajstić information content (AvgIpc) is 2.75. The van der Waals surface area contributed by atoms with Gasteiger partial charge in [0.15, 0.2) is 0 Å². The number of furan rings is 1. The van der Waals surface area contributed by atoms with Crippen LogP contribution in [0.3, 0.4) is 0 Å². The zero-order chi connectivity index (χ0) is 9.97. The highest BCUT2D eigenvalue weighted by atomic mass is 35.5. The quantitative estimate of drug-likeness (QED) is 0.875. The Morgan fingerprint density at radius 3 is 2.86 bits per heavy atom. The van der Waals surface area contributed by atoms with Crippen molar-refractivity contribution >= 4 is 22.9 Å². The van der Waals surface area contributed by atoms with E-state index in [1.54, 1.807) is 12.5 Å². The number of thiophene rings is 1. The second-order valence-electron chi connectivity index (χ2n) is 3.08. The monoisotopic (exact) mass is 227 g/mol. The van der Waals surface area contributed by atoms with Crippen LogP contribution in [0.15, 0.2) is 35.1 Å². The molecule has 0 bridgehead atoms. The number of halogens is 1. The van der Waals surface area contributed by atoms with Gasteiger partial charge in [0.05, 0.1) is 16.9 Å². The van der Waals surface area contributed by atoms with E-state index >= 15 is 0 Å². The van der Waals surface area contributed by atoms with Gasteiger partial charge >= 0.3 is 0 Å². The van der Waals surface area contributed by atoms with Crippen molar-refractivity contribution in [1.29, 1.82) is 0 Å². The highest BCUT2D eigenvalue weighted by Crippen LogP contribution is 2.27. The van der Waals surface area contributed by atoms with Crippen molar-refractivity contribution in [2.75, 3.05) is 0 Å². The lowest BCUT2D eigenvalue weighted by molar-refractivity contribution is 0.561. The molecule has 0 spiro atoms. The molecule has 0 aliphatic heterocycles. The molecule has 2 aromatic heterocycles. The third-order valence-corrected chi connectivity index (χ3v) is 3.36. The molecule has 4 heteroatoms. The Labute approximate surface area is 91.3 Å². The molecule has 0 saturated carbocycles. The van der Waals surface area contributed by atoms with Crippen LogP contribution >= 0.6 is 22.9 Å². The third kappa shape index (κ3) is 2.18. The van der Waals surface area contributed by atoms with Crippen LogP contribution in [-0.2, 0) is 6.42 Å². The standard InChI is InChI=1S/C10H10ClNOS/c11-10-2-1-9(14-10)8(12)5-7-3-4-13-6-7/h1-4,6,8H,5,12H2. The second-order valence-corrected chi connectivity index (χ2v) is 4.83. The van der Waals surface area contributed by atoms with Crippen LogP contribution in [0.5, 0.6) is 0 Å². The normalized spacial score (nSPS) is 13.0. The Morgan fingerprint density at radius 1 is 1.43 bits per heavy atom. The van der Waals surface area contributed by atoms with Gasteiger partial charge in [0, 0.05) is 10.9 Å². The summed E-state index contributed by atoms with van der Waals surface area (Å²) >= 11 is 7.36. The smallest absolute Gasteiger partial charge is 0.0935 e. The molecule has 74 valence electrons. The molecule has 2 aromatic rings. The number of rotatable bonds is 3. The highest BCUT2D eigenvalue weighted by molar-refractivity contribution is 7.16. The zero-order valence-corrected chi connectivity index (χ0v) is 9.02. The van der Waals surface area contributed by atoms with Crippen LogP contribution in [0, 0.1) is 0 Å². The first-order chi connectivity index (χ1) is 6.75. The summed E-state index contributed by atoms with van der Waals surface area (Å²) in [4.78, 5) is 1.11. The lowest BCUT2D eigenvalue weighted by Crippen LogP contribution is -2.11. The maximum Gasteiger partial charge on any atom is 0.0935 e. The largest absolute Gasteiger partial charge is 0.472 e. The predicted molar refractivity (Wildman–Crippen MR) is 58.7 cm³/mol. The van der Waals surface area contributed by atoms with E-state index in [-0.39, 0.29) is 6.04 Å². The topological polar surface area (TPSA) is 39.2 Å². The fourth-order valence-electron chi connectivity index (χ4n) is 1.29. The van der Waals surface area contributed by atoms with E-state index in [0.717, 1.165) is 21.2 Å². The maximum atomic E-state index is 6.01. The van der Waals surface area contributed by atoms with E-state index in [2.05, 4.69) is 0 Å². The number of hydrogen-bond donors (Lipinski definition) is 1. The molecule has 0 amide bonds. The first-order valence-corrected chi connectivity index (χ1v) is 5.47. The summed E-state index contributed by atoms with van der Waals surface area (Å²) in [7, 11) is 0. The lowest BCUT2D eigenvalue weighted by atomic mass is 10.1. The summed E-state index contributed by atoms with van der Waals surface area (Å²) in [6.07, 6.45) is 4.16. The molecule has 0 aliphatic carbocycles. The molecule has 1 unspecified atom stereocenters. The molecule has 0 aromatic carbocycles. The fraction of sp³-hybridized carbons (Fsp3) is 0.200. The number of nitrogens with two attached hydrogens (primary N) is 1. The molecule has 0 aliphatic rings. The van der Waals surface area contributed by atoms with E-state index in [1.165, 1.54) is 11.3 Å². The van der Waals surface area contributed by atoms with Gasteiger partial charge in [-0.2, -0.15) is 0 Å². The van der Waals surface area contributed by atoms with Crippen molar-refractivity contribution in [1.82, 2.24) is 0 Å². The van der Waals surface area contributed by atoms with Crippen LogP contribution in [-0.4, -0.2) is 0 Å². The van der Waals surface area contributed by atoms with Crippen molar-refractivity contribution in [2.45, 2.75) is 12.5 Å². The van der Waals surface area contributed by atoms with Gasteiger partial charge in [-0.05, 0) is 30.2 Å². The molecule has 1 atom stereocenters. The Kier molecular flexibility index (Phi) is 2.91. The van der Waals surface area contributed by atoms with Gasteiger partial charge in [0.2, 0.25) is 0 Å². The van der Waals surface area contributed by atoms with Gasteiger partial charge in [0.25, 0.3) is 0 Å². The number of hydrogen-bond acceptors (Lipinski definition) is 3. The van der Waals surface area contributed by atoms with Gasteiger partial charge in [-0.1, -0.05) is 11.6 Å². The molecule has 14 heavy (non-hydrogen) atoms. The van der Waals surface area contributed by atoms with E-state index < -0.39 is 0 Å². The van der Waals surface area contributed by atoms with Crippen LogP contribution in [0.4, 0.5) is 0 Å². The van der Waals surface area contributed by atoms with Crippen molar-refractivity contribution in [3.05, 3.63) is 45.5 Å². The summed E-state index contributed by atoms with van der Waals surface area (Å²) in [5.74, 6) is 0. The van der Waals surface area contributed by atoms with Gasteiger partial charge in [-0.3, -0.25) is 0 Å². The molecule has 2 rings (SSSR count). The highest BCUT2D eigenvalue weighted by Gasteiger charge is 2.09. The maximum absolute atomic E-state index is 6.01. The SMILES string of the molecule is NC(Cc1ccoc1)c1ccc(Cl)s1. The molecular weight excluding hydrogens is 218 g/mol. The Balaban J connectivity index is 2.06. The second kappa shape index (κ2) is 4.17. The lowest BCUT2D eigenvalue weighted by Gasteiger charge is -2.06. The molecule has 2 heterocycles. The minimum Gasteiger partial charge on any atom is -0.472 e. The van der Waals surface area contributed by atoms with Crippen LogP contribution in [0.1, 0.15) is 16.5 Å². The summed E-state index contributed by atoms with van der Waals surface area (Å²) in [6, 6.07) is 5.77. The molecule has 2 N–H and O–H groups in total.